The molecule has 1 atom stereocenters. The van der Waals surface area contributed by atoms with Crippen LogP contribution in [0.2, 0.25) is 0 Å². The summed E-state index contributed by atoms with van der Waals surface area (Å²) in [6.45, 7) is 9.20. The van der Waals surface area contributed by atoms with Crippen LogP contribution in [-0.4, -0.2) is 23.2 Å². The van der Waals surface area contributed by atoms with Gasteiger partial charge in [0, 0.05) is 6.04 Å². The van der Waals surface area contributed by atoms with Gasteiger partial charge in [-0.3, -0.25) is 4.79 Å². The molecule has 0 aliphatic heterocycles. The van der Waals surface area contributed by atoms with Gasteiger partial charge in [0.25, 0.3) is 0 Å². The number of nitrogens with one attached hydrogen (secondary N) is 1. The Kier molecular flexibility index (Phi) is 3.48. The second-order valence-corrected chi connectivity index (χ2v) is 7.93. The molecule has 0 aromatic heterocycles. The monoisotopic (exact) mass is 253 g/mol. The van der Waals surface area contributed by atoms with Crippen LogP contribution in [0.15, 0.2) is 0 Å². The summed E-state index contributed by atoms with van der Waals surface area (Å²) in [5.74, 6) is -0.297. The van der Waals surface area contributed by atoms with Gasteiger partial charge in [-0.25, -0.2) is 0 Å². The Labute approximate surface area is 110 Å². The van der Waals surface area contributed by atoms with Crippen LogP contribution in [0.3, 0.4) is 0 Å². The summed E-state index contributed by atoms with van der Waals surface area (Å²) in [5, 5.41) is 12.7. The lowest BCUT2D eigenvalue weighted by Crippen LogP contribution is -2.50. The lowest BCUT2D eigenvalue weighted by molar-refractivity contribution is -0.140. The van der Waals surface area contributed by atoms with E-state index in [-0.39, 0.29) is 6.04 Å². The number of aliphatic carboxylic acids is 1. The van der Waals surface area contributed by atoms with Gasteiger partial charge in [0.05, 0.1) is 0 Å². The Balaban J connectivity index is 2.01. The molecule has 0 bridgehead atoms. The molecule has 2 N–H and O–H groups in total. The first-order valence-electron chi connectivity index (χ1n) is 7.17. The van der Waals surface area contributed by atoms with E-state index in [1.54, 1.807) is 0 Å². The summed E-state index contributed by atoms with van der Waals surface area (Å²) in [6.07, 6.45) is 5.55. The van der Waals surface area contributed by atoms with Gasteiger partial charge in [-0.15, -0.1) is 0 Å². The smallest absolute Gasteiger partial charge is 0.320 e. The average molecular weight is 253 g/mol. The van der Waals surface area contributed by atoms with Crippen molar-refractivity contribution in [3.8, 4) is 0 Å². The highest BCUT2D eigenvalue weighted by atomic mass is 16.4. The number of carboxylic acids is 1. The number of hydrogen-bond acceptors (Lipinski definition) is 2. The summed E-state index contributed by atoms with van der Waals surface area (Å²) in [6, 6.07) is 0.0325. The molecule has 0 aromatic carbocycles. The first-order valence-corrected chi connectivity index (χ1v) is 7.17. The molecule has 1 unspecified atom stereocenters. The third-order valence-electron chi connectivity index (χ3n) is 4.33. The Morgan fingerprint density at radius 3 is 2.06 bits per heavy atom. The minimum atomic E-state index is -0.668. The van der Waals surface area contributed by atoms with Gasteiger partial charge in [-0.1, -0.05) is 27.7 Å². The van der Waals surface area contributed by atoms with Gasteiger partial charge >= 0.3 is 5.97 Å². The molecule has 104 valence electrons. The van der Waals surface area contributed by atoms with Gasteiger partial charge in [0.15, 0.2) is 0 Å². The summed E-state index contributed by atoms with van der Waals surface area (Å²) >= 11 is 0. The third-order valence-corrected chi connectivity index (χ3v) is 4.33. The summed E-state index contributed by atoms with van der Waals surface area (Å²) in [4.78, 5) is 11.3. The minimum absolute atomic E-state index is 0.312. The van der Waals surface area contributed by atoms with Crippen LogP contribution in [0.4, 0.5) is 0 Å². The van der Waals surface area contributed by atoms with E-state index in [1.807, 2.05) is 0 Å². The molecule has 2 aliphatic carbocycles. The topological polar surface area (TPSA) is 49.3 Å². The molecule has 0 radical (unpaired) electrons. The first kappa shape index (κ1) is 13.9. The molecule has 18 heavy (non-hydrogen) atoms. The highest BCUT2D eigenvalue weighted by Crippen LogP contribution is 2.46. The van der Waals surface area contributed by atoms with Crippen molar-refractivity contribution in [2.75, 3.05) is 0 Å². The molecule has 0 aromatic rings. The number of carboxylic acid groups (broad SMARTS) is 1. The minimum Gasteiger partial charge on any atom is -0.480 e. The standard InChI is InChI=1S/C15H27NO2/c1-14(2)7-11(8-15(3,4)9-14)16-12(13(17)18)10-5-6-10/h10-12,16H,5-9H2,1-4H3,(H,17,18). The molecule has 2 rings (SSSR count). The van der Waals surface area contributed by atoms with Crippen molar-refractivity contribution in [3.63, 3.8) is 0 Å². The highest BCUT2D eigenvalue weighted by Gasteiger charge is 2.42. The zero-order chi connectivity index (χ0) is 13.6. The molecule has 0 spiro atoms. The van der Waals surface area contributed by atoms with E-state index in [0.29, 0.717) is 22.8 Å². The predicted octanol–water partition coefficient (Wildman–Crippen LogP) is 3.04. The lowest BCUT2D eigenvalue weighted by atomic mass is 9.63. The molecule has 3 nitrogen and oxygen atoms in total. The van der Waals surface area contributed by atoms with Gasteiger partial charge in [0.2, 0.25) is 0 Å². The number of hydrogen-bond donors (Lipinski definition) is 2. The van der Waals surface area contributed by atoms with Crippen LogP contribution in [-0.2, 0) is 4.79 Å². The van der Waals surface area contributed by atoms with Crippen molar-refractivity contribution in [1.29, 1.82) is 0 Å². The quantitative estimate of drug-likeness (QED) is 0.809. The van der Waals surface area contributed by atoms with Gasteiger partial charge < -0.3 is 10.4 Å². The maximum atomic E-state index is 11.3. The van der Waals surface area contributed by atoms with Crippen molar-refractivity contribution < 1.29 is 9.90 Å². The predicted molar refractivity (Wildman–Crippen MR) is 72.5 cm³/mol. The zero-order valence-corrected chi connectivity index (χ0v) is 12.1. The molecule has 0 amide bonds. The largest absolute Gasteiger partial charge is 0.480 e. The molecule has 2 fully saturated rings. The fourth-order valence-corrected chi connectivity index (χ4v) is 4.06. The van der Waals surface area contributed by atoms with E-state index in [9.17, 15) is 9.90 Å². The zero-order valence-electron chi connectivity index (χ0n) is 12.1. The van der Waals surface area contributed by atoms with E-state index in [1.165, 1.54) is 6.42 Å². The molecule has 3 heteroatoms. The van der Waals surface area contributed by atoms with Crippen molar-refractivity contribution in [1.82, 2.24) is 5.32 Å². The molecule has 2 saturated carbocycles. The average Bonchev–Trinajstić information content (AvgIpc) is 2.91. The van der Waals surface area contributed by atoms with Crippen LogP contribution in [0.25, 0.3) is 0 Å². The van der Waals surface area contributed by atoms with E-state index in [0.717, 1.165) is 25.7 Å². The van der Waals surface area contributed by atoms with Crippen molar-refractivity contribution >= 4 is 5.97 Å². The first-order chi connectivity index (χ1) is 8.19. The highest BCUT2D eigenvalue weighted by molar-refractivity contribution is 5.74. The Hall–Kier alpha value is -0.570. The van der Waals surface area contributed by atoms with E-state index < -0.39 is 5.97 Å². The van der Waals surface area contributed by atoms with Gasteiger partial charge in [0.1, 0.15) is 6.04 Å². The molecule has 0 heterocycles. The fraction of sp³-hybridized carbons (Fsp3) is 0.933. The molecular formula is C15H27NO2. The molecular weight excluding hydrogens is 226 g/mol. The van der Waals surface area contributed by atoms with Crippen LogP contribution >= 0.6 is 0 Å². The summed E-state index contributed by atoms with van der Waals surface area (Å²) in [5.41, 5.74) is 0.623. The lowest BCUT2D eigenvalue weighted by Gasteiger charge is -2.46. The van der Waals surface area contributed by atoms with E-state index >= 15 is 0 Å². The van der Waals surface area contributed by atoms with Crippen LogP contribution in [0, 0.1) is 16.7 Å². The Morgan fingerprint density at radius 2 is 1.67 bits per heavy atom. The third kappa shape index (κ3) is 3.47. The fourth-order valence-electron chi connectivity index (χ4n) is 4.06. The Bertz CT molecular complexity index is 315. The Morgan fingerprint density at radius 1 is 1.17 bits per heavy atom. The van der Waals surface area contributed by atoms with Crippen LogP contribution in [0.5, 0.6) is 0 Å². The second-order valence-electron chi connectivity index (χ2n) is 7.93. The SMILES string of the molecule is CC1(C)CC(NC(C(=O)O)C2CC2)CC(C)(C)C1. The summed E-state index contributed by atoms with van der Waals surface area (Å²) < 4.78 is 0. The van der Waals surface area contributed by atoms with Crippen molar-refractivity contribution in [2.45, 2.75) is 71.9 Å². The number of rotatable bonds is 4. The van der Waals surface area contributed by atoms with E-state index in [2.05, 4.69) is 33.0 Å². The molecule has 2 aliphatic rings. The van der Waals surface area contributed by atoms with Crippen LogP contribution in [0.1, 0.15) is 59.8 Å². The van der Waals surface area contributed by atoms with Gasteiger partial charge in [-0.05, 0) is 48.9 Å². The van der Waals surface area contributed by atoms with Crippen molar-refractivity contribution in [3.05, 3.63) is 0 Å². The maximum Gasteiger partial charge on any atom is 0.320 e. The maximum absolute atomic E-state index is 11.3. The van der Waals surface area contributed by atoms with Gasteiger partial charge in [-0.2, -0.15) is 0 Å². The second kappa shape index (κ2) is 4.52. The normalized spacial score (nSPS) is 28.9. The van der Waals surface area contributed by atoms with Crippen LogP contribution < -0.4 is 5.32 Å². The molecule has 0 saturated heterocycles. The summed E-state index contributed by atoms with van der Waals surface area (Å²) in [7, 11) is 0. The van der Waals surface area contributed by atoms with E-state index in [4.69, 9.17) is 0 Å². The van der Waals surface area contributed by atoms with Crippen molar-refractivity contribution in [2.24, 2.45) is 16.7 Å². The number of carbonyl (C=O) groups is 1.